The summed E-state index contributed by atoms with van der Waals surface area (Å²) in [5, 5.41) is 2.82. The summed E-state index contributed by atoms with van der Waals surface area (Å²) in [6, 6.07) is 14.5. The third kappa shape index (κ3) is 7.13. The Bertz CT molecular complexity index is 753. The molecule has 0 saturated heterocycles. The fourth-order valence-corrected chi connectivity index (χ4v) is 2.37. The standard InChI is InChI=1S/C22H27NO4/c1-16(2)15-27-22(25)18-10-12-19(13-11-18)23-21(24)9-6-14-26-20-8-5-4-7-17(20)3/h4-5,7-8,10-13,16H,6,9,14-15H2,1-3H3,(H,23,24). The van der Waals surface area contributed by atoms with Gasteiger partial charge in [0.15, 0.2) is 0 Å². The van der Waals surface area contributed by atoms with Gasteiger partial charge in [0.25, 0.3) is 0 Å². The molecule has 5 heteroatoms. The van der Waals surface area contributed by atoms with Crippen LogP contribution in [0.3, 0.4) is 0 Å². The molecule has 0 radical (unpaired) electrons. The molecule has 0 bridgehead atoms. The Kier molecular flexibility index (Phi) is 7.86. The Morgan fingerprint density at radius 2 is 1.74 bits per heavy atom. The van der Waals surface area contributed by atoms with Gasteiger partial charge in [-0.1, -0.05) is 32.0 Å². The molecule has 144 valence electrons. The van der Waals surface area contributed by atoms with Crippen molar-refractivity contribution in [2.45, 2.75) is 33.6 Å². The molecule has 0 aromatic heterocycles. The summed E-state index contributed by atoms with van der Waals surface area (Å²) in [6.45, 7) is 6.83. The lowest BCUT2D eigenvalue weighted by atomic mass is 10.2. The maximum atomic E-state index is 12.0. The minimum absolute atomic E-state index is 0.0847. The van der Waals surface area contributed by atoms with Crippen LogP contribution in [-0.2, 0) is 9.53 Å². The van der Waals surface area contributed by atoms with Crippen LogP contribution in [0, 0.1) is 12.8 Å². The normalized spacial score (nSPS) is 10.5. The quantitative estimate of drug-likeness (QED) is 0.518. The number of ether oxygens (including phenoxy) is 2. The maximum Gasteiger partial charge on any atom is 0.338 e. The van der Waals surface area contributed by atoms with Gasteiger partial charge in [0.05, 0.1) is 18.8 Å². The zero-order valence-electron chi connectivity index (χ0n) is 16.2. The Morgan fingerprint density at radius 3 is 2.41 bits per heavy atom. The van der Waals surface area contributed by atoms with E-state index in [2.05, 4.69) is 5.32 Å². The number of rotatable bonds is 9. The third-order valence-electron chi connectivity index (χ3n) is 3.85. The fourth-order valence-electron chi connectivity index (χ4n) is 2.37. The maximum absolute atomic E-state index is 12.0. The predicted molar refractivity (Wildman–Crippen MR) is 106 cm³/mol. The number of anilines is 1. The molecule has 2 aromatic carbocycles. The molecule has 0 fully saturated rings. The molecule has 0 heterocycles. The number of para-hydroxylation sites is 1. The number of carbonyl (C=O) groups excluding carboxylic acids is 2. The van der Waals surface area contributed by atoms with Crippen molar-refractivity contribution in [3.05, 3.63) is 59.7 Å². The van der Waals surface area contributed by atoms with Gasteiger partial charge in [-0.15, -0.1) is 0 Å². The van der Waals surface area contributed by atoms with Crippen LogP contribution in [0.25, 0.3) is 0 Å². The lowest BCUT2D eigenvalue weighted by Gasteiger charge is -2.10. The van der Waals surface area contributed by atoms with Crippen LogP contribution < -0.4 is 10.1 Å². The molecule has 0 atom stereocenters. The van der Waals surface area contributed by atoms with Crippen molar-refractivity contribution in [2.75, 3.05) is 18.5 Å². The first kappa shape index (κ1) is 20.5. The van der Waals surface area contributed by atoms with Crippen LogP contribution in [0.1, 0.15) is 42.6 Å². The van der Waals surface area contributed by atoms with Crippen molar-refractivity contribution in [2.24, 2.45) is 5.92 Å². The number of carbonyl (C=O) groups is 2. The molecule has 5 nitrogen and oxygen atoms in total. The van der Waals surface area contributed by atoms with E-state index in [1.54, 1.807) is 24.3 Å². The van der Waals surface area contributed by atoms with E-state index < -0.39 is 0 Å². The smallest absolute Gasteiger partial charge is 0.338 e. The first-order valence-electron chi connectivity index (χ1n) is 9.21. The number of esters is 1. The topological polar surface area (TPSA) is 64.6 Å². The summed E-state index contributed by atoms with van der Waals surface area (Å²) >= 11 is 0. The minimum atomic E-state index is -0.352. The molecule has 2 rings (SSSR count). The fraction of sp³-hybridized carbons (Fsp3) is 0.364. The second-order valence-corrected chi connectivity index (χ2v) is 6.84. The molecular weight excluding hydrogens is 342 g/mol. The Hall–Kier alpha value is -2.82. The second-order valence-electron chi connectivity index (χ2n) is 6.84. The van der Waals surface area contributed by atoms with Crippen LogP contribution >= 0.6 is 0 Å². The van der Waals surface area contributed by atoms with Gasteiger partial charge < -0.3 is 14.8 Å². The molecule has 1 N–H and O–H groups in total. The van der Waals surface area contributed by atoms with Gasteiger partial charge in [-0.05, 0) is 55.2 Å². The molecule has 0 aliphatic rings. The number of aryl methyl sites for hydroxylation is 1. The van der Waals surface area contributed by atoms with E-state index in [4.69, 9.17) is 9.47 Å². The van der Waals surface area contributed by atoms with Gasteiger partial charge >= 0.3 is 5.97 Å². The van der Waals surface area contributed by atoms with E-state index in [1.807, 2.05) is 45.0 Å². The Balaban J connectivity index is 1.72. The summed E-state index contributed by atoms with van der Waals surface area (Å²) in [4.78, 5) is 23.9. The lowest BCUT2D eigenvalue weighted by Crippen LogP contribution is -2.13. The summed E-state index contributed by atoms with van der Waals surface area (Å²) in [7, 11) is 0. The van der Waals surface area contributed by atoms with Crippen LogP contribution in [0.4, 0.5) is 5.69 Å². The number of hydrogen-bond acceptors (Lipinski definition) is 4. The van der Waals surface area contributed by atoms with E-state index in [-0.39, 0.29) is 11.9 Å². The highest BCUT2D eigenvalue weighted by Gasteiger charge is 2.09. The monoisotopic (exact) mass is 369 g/mol. The third-order valence-corrected chi connectivity index (χ3v) is 3.85. The molecular formula is C22H27NO4. The average Bonchev–Trinajstić information content (AvgIpc) is 2.65. The zero-order valence-corrected chi connectivity index (χ0v) is 16.2. The van der Waals surface area contributed by atoms with Gasteiger partial charge in [-0.25, -0.2) is 4.79 Å². The largest absolute Gasteiger partial charge is 0.493 e. The Labute approximate surface area is 160 Å². The molecule has 1 amide bonds. The van der Waals surface area contributed by atoms with Crippen molar-refractivity contribution in [1.82, 2.24) is 0 Å². The van der Waals surface area contributed by atoms with Crippen molar-refractivity contribution in [3.8, 4) is 5.75 Å². The summed E-state index contributed by atoms with van der Waals surface area (Å²) in [5.41, 5.74) is 2.20. The first-order chi connectivity index (χ1) is 13.0. The molecule has 2 aromatic rings. The van der Waals surface area contributed by atoms with Gasteiger partial charge in [0, 0.05) is 12.1 Å². The first-order valence-corrected chi connectivity index (χ1v) is 9.21. The molecule has 0 saturated carbocycles. The lowest BCUT2D eigenvalue weighted by molar-refractivity contribution is -0.116. The average molecular weight is 369 g/mol. The highest BCUT2D eigenvalue weighted by atomic mass is 16.5. The van der Waals surface area contributed by atoms with Gasteiger partial charge in [-0.2, -0.15) is 0 Å². The number of hydrogen-bond donors (Lipinski definition) is 1. The molecule has 0 aliphatic carbocycles. The summed E-state index contributed by atoms with van der Waals surface area (Å²) in [6.07, 6.45) is 0.990. The number of benzene rings is 2. The highest BCUT2D eigenvalue weighted by molar-refractivity contribution is 5.93. The molecule has 0 unspecified atom stereocenters. The summed E-state index contributed by atoms with van der Waals surface area (Å²) in [5.74, 6) is 0.702. The zero-order chi connectivity index (χ0) is 19.6. The molecule has 0 aliphatic heterocycles. The number of nitrogens with one attached hydrogen (secondary N) is 1. The van der Waals surface area contributed by atoms with Crippen LogP contribution in [0.2, 0.25) is 0 Å². The molecule has 0 spiro atoms. The van der Waals surface area contributed by atoms with Crippen molar-refractivity contribution in [3.63, 3.8) is 0 Å². The van der Waals surface area contributed by atoms with Crippen LogP contribution in [0.15, 0.2) is 48.5 Å². The van der Waals surface area contributed by atoms with Crippen molar-refractivity contribution < 1.29 is 19.1 Å². The number of amides is 1. The van der Waals surface area contributed by atoms with E-state index in [0.717, 1.165) is 11.3 Å². The van der Waals surface area contributed by atoms with E-state index in [1.165, 1.54) is 0 Å². The van der Waals surface area contributed by atoms with Gasteiger partial charge in [0.1, 0.15) is 5.75 Å². The minimum Gasteiger partial charge on any atom is -0.493 e. The van der Waals surface area contributed by atoms with Crippen molar-refractivity contribution >= 4 is 17.6 Å². The van der Waals surface area contributed by atoms with E-state index in [0.29, 0.717) is 43.2 Å². The predicted octanol–water partition coefficient (Wildman–Crippen LogP) is 4.61. The summed E-state index contributed by atoms with van der Waals surface area (Å²) < 4.78 is 10.9. The highest BCUT2D eigenvalue weighted by Crippen LogP contribution is 2.16. The van der Waals surface area contributed by atoms with Gasteiger partial charge in [0.2, 0.25) is 5.91 Å². The van der Waals surface area contributed by atoms with E-state index >= 15 is 0 Å². The Morgan fingerprint density at radius 1 is 1.04 bits per heavy atom. The SMILES string of the molecule is Cc1ccccc1OCCCC(=O)Nc1ccc(C(=O)OCC(C)C)cc1. The van der Waals surface area contributed by atoms with E-state index in [9.17, 15) is 9.59 Å². The van der Waals surface area contributed by atoms with Crippen LogP contribution in [0.5, 0.6) is 5.75 Å². The molecule has 27 heavy (non-hydrogen) atoms. The second kappa shape index (κ2) is 10.4. The van der Waals surface area contributed by atoms with Gasteiger partial charge in [-0.3, -0.25) is 4.79 Å². The van der Waals surface area contributed by atoms with Crippen molar-refractivity contribution in [1.29, 1.82) is 0 Å². The van der Waals surface area contributed by atoms with Crippen LogP contribution in [-0.4, -0.2) is 25.1 Å².